The van der Waals surface area contributed by atoms with Gasteiger partial charge >= 0.3 is 0 Å². The summed E-state index contributed by atoms with van der Waals surface area (Å²) in [5.41, 5.74) is 2.67. The number of rotatable bonds is 2. The lowest BCUT2D eigenvalue weighted by Gasteiger charge is -2.06. The molecule has 0 saturated heterocycles. The van der Waals surface area contributed by atoms with E-state index in [0.717, 1.165) is 22.3 Å². The SMILES string of the molecule is COc1ccc(-c2c/c(=N/O)c3ccc(C)cc3o2)cc1. The molecule has 4 nitrogen and oxygen atoms in total. The lowest BCUT2D eigenvalue weighted by Crippen LogP contribution is -2.03. The van der Waals surface area contributed by atoms with Gasteiger partial charge in [-0.05, 0) is 48.9 Å². The molecule has 1 N–H and O–H groups in total. The predicted molar refractivity (Wildman–Crippen MR) is 80.3 cm³/mol. The molecule has 1 heterocycles. The fourth-order valence-corrected chi connectivity index (χ4v) is 2.26. The number of hydrogen-bond donors (Lipinski definition) is 1. The van der Waals surface area contributed by atoms with Gasteiger partial charge in [-0.15, -0.1) is 0 Å². The van der Waals surface area contributed by atoms with Crippen LogP contribution in [0, 0.1) is 6.92 Å². The molecule has 0 aliphatic heterocycles. The number of hydrogen-bond acceptors (Lipinski definition) is 4. The average Bonchev–Trinajstić information content (AvgIpc) is 2.53. The van der Waals surface area contributed by atoms with Gasteiger partial charge in [-0.3, -0.25) is 0 Å². The maximum Gasteiger partial charge on any atom is 0.137 e. The molecular weight excluding hydrogens is 266 g/mol. The Morgan fingerprint density at radius 3 is 2.48 bits per heavy atom. The lowest BCUT2D eigenvalue weighted by molar-refractivity contribution is 0.302. The van der Waals surface area contributed by atoms with Crippen LogP contribution in [0.3, 0.4) is 0 Å². The third kappa shape index (κ3) is 2.48. The summed E-state index contributed by atoms with van der Waals surface area (Å²) < 4.78 is 11.1. The maximum atomic E-state index is 9.22. The normalized spacial score (nSPS) is 11.8. The van der Waals surface area contributed by atoms with Crippen LogP contribution < -0.4 is 10.1 Å². The Balaban J connectivity index is 2.22. The minimum Gasteiger partial charge on any atom is -0.497 e. The second-order valence-corrected chi connectivity index (χ2v) is 4.82. The molecule has 0 atom stereocenters. The van der Waals surface area contributed by atoms with E-state index >= 15 is 0 Å². The third-order valence-corrected chi connectivity index (χ3v) is 3.38. The Labute approximate surface area is 121 Å². The summed E-state index contributed by atoms with van der Waals surface area (Å²) in [5, 5.41) is 13.9. The highest BCUT2D eigenvalue weighted by molar-refractivity contribution is 5.79. The number of nitrogens with zero attached hydrogens (tertiary/aromatic N) is 1. The van der Waals surface area contributed by atoms with Gasteiger partial charge in [-0.1, -0.05) is 11.2 Å². The summed E-state index contributed by atoms with van der Waals surface area (Å²) in [6.07, 6.45) is 0. The zero-order chi connectivity index (χ0) is 14.8. The van der Waals surface area contributed by atoms with Gasteiger partial charge in [0.2, 0.25) is 0 Å². The van der Waals surface area contributed by atoms with Crippen molar-refractivity contribution in [3.63, 3.8) is 0 Å². The minimum atomic E-state index is 0.488. The molecule has 2 aromatic carbocycles. The van der Waals surface area contributed by atoms with E-state index < -0.39 is 0 Å². The van der Waals surface area contributed by atoms with Gasteiger partial charge in [0.15, 0.2) is 0 Å². The number of aryl methyl sites for hydroxylation is 1. The number of ether oxygens (including phenoxy) is 1. The highest BCUT2D eigenvalue weighted by Crippen LogP contribution is 2.24. The molecule has 4 heteroatoms. The summed E-state index contributed by atoms with van der Waals surface area (Å²) in [4.78, 5) is 0. The smallest absolute Gasteiger partial charge is 0.137 e. The fourth-order valence-electron chi connectivity index (χ4n) is 2.26. The first-order chi connectivity index (χ1) is 10.2. The van der Waals surface area contributed by atoms with Crippen molar-refractivity contribution >= 4 is 11.0 Å². The second-order valence-electron chi connectivity index (χ2n) is 4.82. The van der Waals surface area contributed by atoms with Crippen molar-refractivity contribution in [3.05, 3.63) is 59.5 Å². The summed E-state index contributed by atoms with van der Waals surface area (Å²) in [6, 6.07) is 15.0. The highest BCUT2D eigenvalue weighted by Gasteiger charge is 2.06. The van der Waals surface area contributed by atoms with E-state index in [1.807, 2.05) is 49.4 Å². The van der Waals surface area contributed by atoms with E-state index in [9.17, 15) is 5.21 Å². The summed E-state index contributed by atoms with van der Waals surface area (Å²) in [5.74, 6) is 1.42. The van der Waals surface area contributed by atoms with Crippen molar-refractivity contribution in [1.82, 2.24) is 0 Å². The number of methoxy groups -OCH3 is 1. The zero-order valence-corrected chi connectivity index (χ0v) is 11.8. The predicted octanol–water partition coefficient (Wildman–Crippen LogP) is 3.71. The Morgan fingerprint density at radius 1 is 1.05 bits per heavy atom. The van der Waals surface area contributed by atoms with Crippen LogP contribution in [0.25, 0.3) is 22.3 Å². The van der Waals surface area contributed by atoms with Crippen LogP contribution in [-0.4, -0.2) is 12.3 Å². The molecule has 0 spiro atoms. The van der Waals surface area contributed by atoms with Crippen molar-refractivity contribution in [3.8, 4) is 17.1 Å². The van der Waals surface area contributed by atoms with E-state index in [4.69, 9.17) is 9.15 Å². The first-order valence-electron chi connectivity index (χ1n) is 6.58. The molecule has 0 bridgehead atoms. The van der Waals surface area contributed by atoms with Crippen LogP contribution in [0.1, 0.15) is 5.56 Å². The molecule has 3 rings (SSSR count). The Kier molecular flexibility index (Phi) is 3.36. The second kappa shape index (κ2) is 5.32. The van der Waals surface area contributed by atoms with Gasteiger partial charge in [-0.25, -0.2) is 0 Å². The molecule has 1 aromatic heterocycles. The zero-order valence-electron chi connectivity index (χ0n) is 11.8. The van der Waals surface area contributed by atoms with Crippen LogP contribution >= 0.6 is 0 Å². The van der Waals surface area contributed by atoms with Crippen molar-refractivity contribution < 1.29 is 14.4 Å². The summed E-state index contributed by atoms with van der Waals surface area (Å²) in [7, 11) is 1.63. The van der Waals surface area contributed by atoms with Gasteiger partial charge in [-0.2, -0.15) is 0 Å². The van der Waals surface area contributed by atoms with Crippen molar-refractivity contribution in [2.45, 2.75) is 6.92 Å². The molecule has 0 aliphatic rings. The molecular formula is C17H15NO3. The molecule has 0 radical (unpaired) electrons. The van der Waals surface area contributed by atoms with E-state index in [0.29, 0.717) is 16.7 Å². The van der Waals surface area contributed by atoms with E-state index in [2.05, 4.69) is 5.16 Å². The van der Waals surface area contributed by atoms with Crippen LogP contribution in [0.2, 0.25) is 0 Å². The van der Waals surface area contributed by atoms with E-state index in [1.165, 1.54) is 0 Å². The first kappa shape index (κ1) is 13.2. The molecule has 3 aromatic rings. The molecule has 106 valence electrons. The quantitative estimate of drug-likeness (QED) is 0.575. The fraction of sp³-hybridized carbons (Fsp3) is 0.118. The number of benzene rings is 2. The highest BCUT2D eigenvalue weighted by atomic mass is 16.5. The summed E-state index contributed by atoms with van der Waals surface area (Å²) in [6.45, 7) is 1.99. The third-order valence-electron chi connectivity index (χ3n) is 3.38. The molecule has 0 aliphatic carbocycles. The molecule has 0 unspecified atom stereocenters. The van der Waals surface area contributed by atoms with E-state index in [-0.39, 0.29) is 0 Å². The Hall–Kier alpha value is -2.75. The molecule has 21 heavy (non-hydrogen) atoms. The van der Waals surface area contributed by atoms with Gasteiger partial charge in [0, 0.05) is 17.0 Å². The van der Waals surface area contributed by atoms with Gasteiger partial charge in [0.1, 0.15) is 22.5 Å². The molecule has 0 saturated carbocycles. The van der Waals surface area contributed by atoms with Crippen molar-refractivity contribution in [1.29, 1.82) is 0 Å². The van der Waals surface area contributed by atoms with Crippen LogP contribution in [0.4, 0.5) is 0 Å². The van der Waals surface area contributed by atoms with Crippen LogP contribution in [0.5, 0.6) is 5.75 Å². The molecule has 0 fully saturated rings. The maximum absolute atomic E-state index is 9.22. The number of fused-ring (bicyclic) bond motifs is 1. The van der Waals surface area contributed by atoms with Crippen LogP contribution in [0.15, 0.2) is 58.1 Å². The minimum absolute atomic E-state index is 0.488. The average molecular weight is 281 g/mol. The topological polar surface area (TPSA) is 55.0 Å². The monoisotopic (exact) mass is 281 g/mol. The van der Waals surface area contributed by atoms with Gasteiger partial charge < -0.3 is 14.4 Å². The largest absolute Gasteiger partial charge is 0.497 e. The standard InChI is InChI=1S/C17H15NO3/c1-11-3-8-14-15(18-19)10-16(21-17(14)9-11)12-4-6-13(20-2)7-5-12/h3-10,19H,1-2H3/b18-15-. The van der Waals surface area contributed by atoms with E-state index in [1.54, 1.807) is 13.2 Å². The van der Waals surface area contributed by atoms with Crippen molar-refractivity contribution in [2.24, 2.45) is 5.16 Å². The van der Waals surface area contributed by atoms with Gasteiger partial charge in [0.25, 0.3) is 0 Å². The lowest BCUT2D eigenvalue weighted by atomic mass is 10.1. The van der Waals surface area contributed by atoms with Crippen molar-refractivity contribution in [2.75, 3.05) is 7.11 Å². The first-order valence-corrected chi connectivity index (χ1v) is 6.58. The summed E-state index contributed by atoms with van der Waals surface area (Å²) >= 11 is 0. The Morgan fingerprint density at radius 2 is 1.81 bits per heavy atom. The van der Waals surface area contributed by atoms with Crippen LogP contribution in [-0.2, 0) is 0 Å². The molecule has 0 amide bonds. The van der Waals surface area contributed by atoms with Gasteiger partial charge in [0.05, 0.1) is 7.11 Å². The Bertz CT molecular complexity index is 848.